The second-order valence-corrected chi connectivity index (χ2v) is 4.60. The number of halogens is 3. The highest BCUT2D eigenvalue weighted by Gasteiger charge is 2.14. The molecule has 0 unspecified atom stereocenters. The first kappa shape index (κ1) is 13.0. The second-order valence-electron chi connectivity index (χ2n) is 2.78. The van der Waals surface area contributed by atoms with E-state index in [9.17, 15) is 4.79 Å². The van der Waals surface area contributed by atoms with E-state index in [0.717, 1.165) is 10.0 Å². The van der Waals surface area contributed by atoms with Crippen LogP contribution in [0.1, 0.15) is 22.8 Å². The van der Waals surface area contributed by atoms with Crippen molar-refractivity contribution in [2.75, 3.05) is 6.61 Å². The molecule has 0 amide bonds. The van der Waals surface area contributed by atoms with Gasteiger partial charge in [-0.1, -0.05) is 27.5 Å². The smallest absolute Gasteiger partial charge is 0.338 e. The van der Waals surface area contributed by atoms with Crippen molar-refractivity contribution in [2.24, 2.45) is 0 Å². The molecule has 1 aromatic rings. The summed E-state index contributed by atoms with van der Waals surface area (Å²) < 4.78 is 5.70. The van der Waals surface area contributed by atoms with Crippen molar-refractivity contribution in [3.05, 3.63) is 32.8 Å². The topological polar surface area (TPSA) is 26.3 Å². The van der Waals surface area contributed by atoms with Gasteiger partial charge in [0.1, 0.15) is 0 Å². The lowest BCUT2D eigenvalue weighted by Crippen LogP contribution is -2.07. The first-order valence-electron chi connectivity index (χ1n) is 4.31. The van der Waals surface area contributed by atoms with Gasteiger partial charge < -0.3 is 4.74 Å². The van der Waals surface area contributed by atoms with Gasteiger partial charge in [-0.2, -0.15) is 0 Å². The molecule has 1 aromatic carbocycles. The van der Waals surface area contributed by atoms with Crippen molar-refractivity contribution >= 4 is 49.4 Å². The molecule has 0 N–H and O–H groups in total. The highest BCUT2D eigenvalue weighted by atomic mass is 79.9. The molecule has 0 aromatic heterocycles. The summed E-state index contributed by atoms with van der Waals surface area (Å²) in [5.74, 6) is -0.346. The van der Waals surface area contributed by atoms with Gasteiger partial charge in [0.05, 0.1) is 17.2 Å². The SMILES string of the molecule is CCOC(=O)c1cc(Cl)c(Br)cc1CBr. The fourth-order valence-corrected chi connectivity index (χ4v) is 2.12. The van der Waals surface area contributed by atoms with Crippen molar-refractivity contribution in [1.82, 2.24) is 0 Å². The lowest BCUT2D eigenvalue weighted by Gasteiger charge is -2.08. The molecule has 15 heavy (non-hydrogen) atoms. The Bertz CT molecular complexity index is 380. The average molecular weight is 356 g/mol. The van der Waals surface area contributed by atoms with Crippen LogP contribution in [0.3, 0.4) is 0 Å². The standard InChI is InChI=1S/C10H9Br2ClO2/c1-2-15-10(14)7-4-9(13)8(12)3-6(7)5-11/h3-4H,2,5H2,1H3. The predicted molar refractivity (Wildman–Crippen MR) is 67.7 cm³/mol. The minimum atomic E-state index is -0.346. The number of hydrogen-bond donors (Lipinski definition) is 0. The summed E-state index contributed by atoms with van der Waals surface area (Å²) in [6.07, 6.45) is 0. The van der Waals surface area contributed by atoms with Crippen molar-refractivity contribution in [3.8, 4) is 0 Å². The molecule has 0 saturated carbocycles. The number of ether oxygens (including phenoxy) is 1. The number of carbonyl (C=O) groups is 1. The zero-order chi connectivity index (χ0) is 11.4. The molecular weight excluding hydrogens is 347 g/mol. The Balaban J connectivity index is 3.15. The molecule has 0 fully saturated rings. The molecule has 0 heterocycles. The second kappa shape index (κ2) is 5.87. The number of hydrogen-bond acceptors (Lipinski definition) is 2. The highest BCUT2D eigenvalue weighted by molar-refractivity contribution is 9.10. The Morgan fingerprint density at radius 3 is 2.73 bits per heavy atom. The molecule has 5 heteroatoms. The van der Waals surface area contributed by atoms with Crippen LogP contribution in [0, 0.1) is 0 Å². The van der Waals surface area contributed by atoms with Crippen molar-refractivity contribution in [1.29, 1.82) is 0 Å². The van der Waals surface area contributed by atoms with E-state index >= 15 is 0 Å². The lowest BCUT2D eigenvalue weighted by atomic mass is 10.1. The monoisotopic (exact) mass is 354 g/mol. The van der Waals surface area contributed by atoms with Crippen molar-refractivity contribution < 1.29 is 9.53 Å². The van der Waals surface area contributed by atoms with Crippen LogP contribution in [0.25, 0.3) is 0 Å². The molecule has 82 valence electrons. The van der Waals surface area contributed by atoms with Crippen LogP contribution in [0.15, 0.2) is 16.6 Å². The van der Waals surface area contributed by atoms with Crippen LogP contribution in [0.5, 0.6) is 0 Å². The molecule has 0 bridgehead atoms. The zero-order valence-electron chi connectivity index (χ0n) is 8.02. The molecule has 2 nitrogen and oxygen atoms in total. The average Bonchev–Trinajstić information content (AvgIpc) is 2.21. The summed E-state index contributed by atoms with van der Waals surface area (Å²) >= 11 is 12.5. The third-order valence-corrected chi connectivity index (χ3v) is 3.59. The summed E-state index contributed by atoms with van der Waals surface area (Å²) in [5.41, 5.74) is 1.35. The third-order valence-electron chi connectivity index (χ3n) is 1.79. The van der Waals surface area contributed by atoms with Crippen LogP contribution in [0.2, 0.25) is 5.02 Å². The van der Waals surface area contributed by atoms with Gasteiger partial charge in [0, 0.05) is 9.80 Å². The third kappa shape index (κ3) is 3.20. The molecule has 0 saturated heterocycles. The van der Waals surface area contributed by atoms with Crippen LogP contribution >= 0.6 is 43.5 Å². The summed E-state index contributed by atoms with van der Waals surface area (Å²) in [4.78, 5) is 11.6. The van der Waals surface area contributed by atoms with Crippen LogP contribution in [-0.4, -0.2) is 12.6 Å². The van der Waals surface area contributed by atoms with Gasteiger partial charge >= 0.3 is 5.97 Å². The van der Waals surface area contributed by atoms with Crippen LogP contribution < -0.4 is 0 Å². The van der Waals surface area contributed by atoms with E-state index in [4.69, 9.17) is 16.3 Å². The van der Waals surface area contributed by atoms with Gasteiger partial charge in [-0.3, -0.25) is 0 Å². The summed E-state index contributed by atoms with van der Waals surface area (Å²) in [6, 6.07) is 3.42. The maximum Gasteiger partial charge on any atom is 0.338 e. The largest absolute Gasteiger partial charge is 0.462 e. The van der Waals surface area contributed by atoms with E-state index in [0.29, 0.717) is 22.5 Å². The molecule has 0 aliphatic rings. The van der Waals surface area contributed by atoms with Gasteiger partial charge in [-0.15, -0.1) is 0 Å². The van der Waals surface area contributed by atoms with E-state index in [1.165, 1.54) is 0 Å². The fourth-order valence-electron chi connectivity index (χ4n) is 1.10. The van der Waals surface area contributed by atoms with E-state index in [2.05, 4.69) is 31.9 Å². The predicted octanol–water partition coefficient (Wildman–Crippen LogP) is 4.17. The molecule has 1 rings (SSSR count). The van der Waals surface area contributed by atoms with Crippen LogP contribution in [0.4, 0.5) is 0 Å². The Kier molecular flexibility index (Phi) is 5.09. The normalized spacial score (nSPS) is 10.1. The Hall–Kier alpha value is -0.0600. The van der Waals surface area contributed by atoms with Gasteiger partial charge in [0.25, 0.3) is 0 Å². The van der Waals surface area contributed by atoms with Crippen molar-refractivity contribution in [3.63, 3.8) is 0 Å². The zero-order valence-corrected chi connectivity index (χ0v) is 11.9. The lowest BCUT2D eigenvalue weighted by molar-refractivity contribution is 0.0525. The summed E-state index contributed by atoms with van der Waals surface area (Å²) in [7, 11) is 0. The summed E-state index contributed by atoms with van der Waals surface area (Å²) in [6.45, 7) is 2.13. The van der Waals surface area contributed by atoms with Gasteiger partial charge in [0.2, 0.25) is 0 Å². The van der Waals surface area contributed by atoms with Crippen molar-refractivity contribution in [2.45, 2.75) is 12.3 Å². The van der Waals surface area contributed by atoms with Crippen LogP contribution in [-0.2, 0) is 10.1 Å². The Morgan fingerprint density at radius 1 is 1.53 bits per heavy atom. The number of carbonyl (C=O) groups excluding carboxylic acids is 1. The highest BCUT2D eigenvalue weighted by Crippen LogP contribution is 2.28. The number of esters is 1. The molecule has 0 aliphatic heterocycles. The maximum atomic E-state index is 11.6. The van der Waals surface area contributed by atoms with E-state index in [1.807, 2.05) is 6.07 Å². The first-order valence-corrected chi connectivity index (χ1v) is 6.60. The first-order chi connectivity index (χ1) is 7.10. The Labute approximate surface area is 110 Å². The molecule has 0 spiro atoms. The van der Waals surface area contributed by atoms with E-state index < -0.39 is 0 Å². The number of rotatable bonds is 3. The Morgan fingerprint density at radius 2 is 2.20 bits per heavy atom. The summed E-state index contributed by atoms with van der Waals surface area (Å²) in [5, 5.41) is 1.08. The van der Waals surface area contributed by atoms with Gasteiger partial charge in [-0.25, -0.2) is 4.79 Å². The number of benzene rings is 1. The number of alkyl halides is 1. The maximum absolute atomic E-state index is 11.6. The molecule has 0 aliphatic carbocycles. The van der Waals surface area contributed by atoms with Gasteiger partial charge in [-0.05, 0) is 40.5 Å². The van der Waals surface area contributed by atoms with E-state index in [1.54, 1.807) is 13.0 Å². The van der Waals surface area contributed by atoms with E-state index in [-0.39, 0.29) is 5.97 Å². The molecule has 0 radical (unpaired) electrons. The minimum absolute atomic E-state index is 0.346. The molecule has 0 atom stereocenters. The van der Waals surface area contributed by atoms with Gasteiger partial charge in [0.15, 0.2) is 0 Å². The quantitative estimate of drug-likeness (QED) is 0.600. The minimum Gasteiger partial charge on any atom is -0.462 e. The fraction of sp³-hybridized carbons (Fsp3) is 0.300. The molecular formula is C10H9Br2ClO2.